The molecule has 2 aromatic carbocycles. The number of amides is 1. The van der Waals surface area contributed by atoms with Gasteiger partial charge in [0, 0.05) is 17.5 Å². The van der Waals surface area contributed by atoms with E-state index in [0.29, 0.717) is 11.4 Å². The maximum atomic E-state index is 12.7. The lowest BCUT2D eigenvalue weighted by atomic mass is 10.1. The first-order chi connectivity index (χ1) is 12.7. The SMILES string of the molecule is CCCn1nc(NC(=O)c2ccccc2C)c2cc3ccccc3nc21. The van der Waals surface area contributed by atoms with Crippen LogP contribution in [-0.4, -0.2) is 20.7 Å². The number of anilines is 1. The van der Waals surface area contributed by atoms with E-state index in [1.54, 1.807) is 0 Å². The van der Waals surface area contributed by atoms with Gasteiger partial charge >= 0.3 is 0 Å². The summed E-state index contributed by atoms with van der Waals surface area (Å²) in [5, 5.41) is 9.48. The third-order valence-electron chi connectivity index (χ3n) is 4.48. The number of rotatable bonds is 4. The van der Waals surface area contributed by atoms with Crippen molar-refractivity contribution in [2.45, 2.75) is 26.8 Å². The highest BCUT2D eigenvalue weighted by atomic mass is 16.1. The summed E-state index contributed by atoms with van der Waals surface area (Å²) in [6.45, 7) is 4.78. The van der Waals surface area contributed by atoms with Gasteiger partial charge in [0.05, 0.1) is 10.9 Å². The summed E-state index contributed by atoms with van der Waals surface area (Å²) >= 11 is 0. The van der Waals surface area contributed by atoms with Crippen LogP contribution >= 0.6 is 0 Å². The second kappa shape index (κ2) is 6.59. The van der Waals surface area contributed by atoms with Gasteiger partial charge in [-0.15, -0.1) is 0 Å². The summed E-state index contributed by atoms with van der Waals surface area (Å²) < 4.78 is 1.87. The van der Waals surface area contributed by atoms with Gasteiger partial charge in [0.15, 0.2) is 11.5 Å². The zero-order valence-electron chi connectivity index (χ0n) is 14.9. The summed E-state index contributed by atoms with van der Waals surface area (Å²) in [7, 11) is 0. The standard InChI is InChI=1S/C21H20N4O/c1-3-12-25-20-17(13-15-9-5-7-11-18(15)22-20)19(24-25)23-21(26)16-10-6-4-8-14(16)2/h4-11,13H,3,12H2,1-2H3,(H,23,24,26). The summed E-state index contributed by atoms with van der Waals surface area (Å²) in [4.78, 5) is 17.5. The molecule has 0 radical (unpaired) electrons. The third kappa shape index (κ3) is 2.81. The first-order valence-corrected chi connectivity index (χ1v) is 8.80. The number of hydrogen-bond donors (Lipinski definition) is 1. The van der Waals surface area contributed by atoms with Crippen LogP contribution in [0.4, 0.5) is 5.82 Å². The van der Waals surface area contributed by atoms with Gasteiger partial charge in [-0.3, -0.25) is 4.79 Å². The largest absolute Gasteiger partial charge is 0.304 e. The second-order valence-electron chi connectivity index (χ2n) is 6.39. The van der Waals surface area contributed by atoms with Crippen LogP contribution in [0.15, 0.2) is 54.6 Å². The molecular weight excluding hydrogens is 324 g/mol. The Hall–Kier alpha value is -3.21. The molecule has 4 aromatic rings. The number of hydrogen-bond acceptors (Lipinski definition) is 3. The van der Waals surface area contributed by atoms with Crippen molar-refractivity contribution < 1.29 is 4.79 Å². The minimum absolute atomic E-state index is 0.153. The number of benzene rings is 2. The molecule has 4 rings (SSSR count). The first-order valence-electron chi connectivity index (χ1n) is 8.80. The minimum atomic E-state index is -0.153. The van der Waals surface area contributed by atoms with Gasteiger partial charge in [-0.2, -0.15) is 5.10 Å². The number of nitrogens with zero attached hydrogens (tertiary/aromatic N) is 3. The van der Waals surface area contributed by atoms with Crippen molar-refractivity contribution in [2.24, 2.45) is 0 Å². The van der Waals surface area contributed by atoms with E-state index in [-0.39, 0.29) is 5.91 Å². The van der Waals surface area contributed by atoms with Crippen molar-refractivity contribution in [1.82, 2.24) is 14.8 Å². The van der Waals surface area contributed by atoms with Crippen LogP contribution in [0.1, 0.15) is 29.3 Å². The molecule has 0 bridgehead atoms. The molecule has 1 N–H and O–H groups in total. The van der Waals surface area contributed by atoms with E-state index in [0.717, 1.165) is 40.5 Å². The Labute approximate surface area is 151 Å². The summed E-state index contributed by atoms with van der Waals surface area (Å²) in [5.41, 5.74) is 3.31. The van der Waals surface area contributed by atoms with Gasteiger partial charge in [0.1, 0.15) is 0 Å². The third-order valence-corrected chi connectivity index (χ3v) is 4.48. The normalized spacial score (nSPS) is 11.2. The monoisotopic (exact) mass is 344 g/mol. The van der Waals surface area contributed by atoms with Gasteiger partial charge in [0.2, 0.25) is 0 Å². The predicted molar refractivity (Wildman–Crippen MR) is 104 cm³/mol. The van der Waals surface area contributed by atoms with Crippen molar-refractivity contribution >= 4 is 33.7 Å². The molecule has 0 aliphatic heterocycles. The maximum absolute atomic E-state index is 12.7. The van der Waals surface area contributed by atoms with Gasteiger partial charge in [0.25, 0.3) is 5.91 Å². The fraction of sp³-hybridized carbons (Fsp3) is 0.190. The molecule has 0 spiro atoms. The lowest BCUT2D eigenvalue weighted by Gasteiger charge is -2.05. The number of carbonyl (C=O) groups excluding carboxylic acids is 1. The number of aromatic nitrogens is 3. The molecule has 5 nitrogen and oxygen atoms in total. The topological polar surface area (TPSA) is 59.8 Å². The number of carbonyl (C=O) groups is 1. The molecule has 0 unspecified atom stereocenters. The van der Waals surface area contributed by atoms with E-state index in [9.17, 15) is 4.79 Å². The van der Waals surface area contributed by atoms with E-state index < -0.39 is 0 Å². The van der Waals surface area contributed by atoms with E-state index in [1.807, 2.05) is 66.2 Å². The van der Waals surface area contributed by atoms with Crippen LogP contribution in [0.25, 0.3) is 21.9 Å². The molecule has 0 saturated heterocycles. The van der Waals surface area contributed by atoms with Crippen LogP contribution < -0.4 is 5.32 Å². The molecular formula is C21H20N4O. The van der Waals surface area contributed by atoms with Gasteiger partial charge in [-0.05, 0) is 37.1 Å². The first kappa shape index (κ1) is 16.3. The summed E-state index contributed by atoms with van der Waals surface area (Å²) in [5.74, 6) is 0.402. The molecule has 26 heavy (non-hydrogen) atoms. The molecule has 2 aromatic heterocycles. The Kier molecular flexibility index (Phi) is 4.13. The van der Waals surface area contributed by atoms with Crippen molar-refractivity contribution in [3.05, 3.63) is 65.7 Å². The summed E-state index contributed by atoms with van der Waals surface area (Å²) in [6.07, 6.45) is 0.941. The fourth-order valence-electron chi connectivity index (χ4n) is 3.16. The van der Waals surface area contributed by atoms with E-state index in [4.69, 9.17) is 4.98 Å². The highest BCUT2D eigenvalue weighted by Crippen LogP contribution is 2.26. The van der Waals surface area contributed by atoms with Crippen molar-refractivity contribution in [1.29, 1.82) is 0 Å². The highest BCUT2D eigenvalue weighted by Gasteiger charge is 2.16. The Morgan fingerprint density at radius 1 is 1.12 bits per heavy atom. The van der Waals surface area contributed by atoms with Crippen molar-refractivity contribution in [2.75, 3.05) is 5.32 Å². The number of pyridine rings is 1. The van der Waals surface area contributed by atoms with E-state index in [2.05, 4.69) is 17.3 Å². The molecule has 2 heterocycles. The molecule has 0 aliphatic rings. The molecule has 5 heteroatoms. The van der Waals surface area contributed by atoms with Crippen molar-refractivity contribution in [3.8, 4) is 0 Å². The lowest BCUT2D eigenvalue weighted by Crippen LogP contribution is -2.14. The Balaban J connectivity index is 1.82. The second-order valence-corrected chi connectivity index (χ2v) is 6.39. The van der Waals surface area contributed by atoms with Gasteiger partial charge in [-0.25, -0.2) is 9.67 Å². The quantitative estimate of drug-likeness (QED) is 0.590. The van der Waals surface area contributed by atoms with E-state index >= 15 is 0 Å². The average Bonchev–Trinajstić information content (AvgIpc) is 2.97. The molecule has 130 valence electrons. The average molecular weight is 344 g/mol. The number of fused-ring (bicyclic) bond motifs is 2. The number of aryl methyl sites for hydroxylation is 2. The minimum Gasteiger partial charge on any atom is -0.304 e. The lowest BCUT2D eigenvalue weighted by molar-refractivity contribution is 0.102. The van der Waals surface area contributed by atoms with Crippen LogP contribution in [-0.2, 0) is 6.54 Å². The predicted octanol–water partition coefficient (Wildman–Crippen LogP) is 4.56. The molecule has 0 aliphatic carbocycles. The van der Waals surface area contributed by atoms with Crippen LogP contribution in [0.2, 0.25) is 0 Å². The van der Waals surface area contributed by atoms with Crippen LogP contribution in [0, 0.1) is 6.92 Å². The number of para-hydroxylation sites is 1. The Morgan fingerprint density at radius 3 is 2.69 bits per heavy atom. The number of nitrogens with one attached hydrogen (secondary N) is 1. The zero-order chi connectivity index (χ0) is 18.1. The molecule has 0 fully saturated rings. The van der Waals surface area contributed by atoms with Crippen molar-refractivity contribution in [3.63, 3.8) is 0 Å². The molecule has 1 amide bonds. The Bertz CT molecular complexity index is 1110. The Morgan fingerprint density at radius 2 is 1.88 bits per heavy atom. The summed E-state index contributed by atoms with van der Waals surface area (Å²) in [6, 6.07) is 17.6. The maximum Gasteiger partial charge on any atom is 0.257 e. The smallest absolute Gasteiger partial charge is 0.257 e. The fourth-order valence-corrected chi connectivity index (χ4v) is 3.16. The molecule has 0 atom stereocenters. The van der Waals surface area contributed by atoms with Crippen LogP contribution in [0.5, 0.6) is 0 Å². The van der Waals surface area contributed by atoms with E-state index in [1.165, 1.54) is 0 Å². The van der Waals surface area contributed by atoms with Gasteiger partial charge < -0.3 is 5.32 Å². The van der Waals surface area contributed by atoms with Gasteiger partial charge in [-0.1, -0.05) is 43.3 Å². The molecule has 0 saturated carbocycles. The van der Waals surface area contributed by atoms with Crippen LogP contribution in [0.3, 0.4) is 0 Å². The highest BCUT2D eigenvalue weighted by molar-refractivity contribution is 6.09. The zero-order valence-corrected chi connectivity index (χ0v) is 14.9.